The lowest BCUT2D eigenvalue weighted by Crippen LogP contribution is -2.02. The highest BCUT2D eigenvalue weighted by molar-refractivity contribution is 9.09. The Bertz CT molecular complexity index is 598. The summed E-state index contributed by atoms with van der Waals surface area (Å²) in [6, 6.07) is 13.9. The molecule has 112 valence electrons. The van der Waals surface area contributed by atoms with E-state index in [9.17, 15) is 0 Å². The summed E-state index contributed by atoms with van der Waals surface area (Å²) in [7, 11) is 4.99. The van der Waals surface area contributed by atoms with E-state index in [1.165, 1.54) is 0 Å². The molecule has 2 rings (SSSR count). The minimum Gasteiger partial charge on any atom is -0.496 e. The van der Waals surface area contributed by atoms with E-state index in [1.54, 1.807) is 21.3 Å². The average molecular weight is 351 g/mol. The third-order valence-corrected chi connectivity index (χ3v) is 4.18. The number of benzene rings is 2. The molecule has 1 atom stereocenters. The lowest BCUT2D eigenvalue weighted by atomic mass is 10.0. The van der Waals surface area contributed by atoms with Crippen molar-refractivity contribution in [3.05, 3.63) is 53.6 Å². The van der Waals surface area contributed by atoms with Crippen LogP contribution >= 0.6 is 15.9 Å². The second-order valence-corrected chi connectivity index (χ2v) is 5.67. The smallest absolute Gasteiger partial charge is 0.165 e. The Hall–Kier alpha value is -1.68. The van der Waals surface area contributed by atoms with Crippen LogP contribution in [0.1, 0.15) is 16.0 Å². The van der Waals surface area contributed by atoms with Crippen molar-refractivity contribution in [3.63, 3.8) is 0 Å². The maximum Gasteiger partial charge on any atom is 0.165 e. The molecule has 2 aromatic rings. The molecule has 0 amide bonds. The zero-order valence-electron chi connectivity index (χ0n) is 12.4. The van der Waals surface area contributed by atoms with Crippen LogP contribution in [0.4, 0.5) is 0 Å². The number of rotatable bonds is 6. The first-order valence-corrected chi connectivity index (χ1v) is 7.59. The first-order chi connectivity index (χ1) is 10.2. The maximum absolute atomic E-state index is 5.50. The summed E-state index contributed by atoms with van der Waals surface area (Å²) >= 11 is 3.75. The molecular weight excluding hydrogens is 332 g/mol. The lowest BCUT2D eigenvalue weighted by Gasteiger charge is -2.17. The molecule has 1 unspecified atom stereocenters. The van der Waals surface area contributed by atoms with Crippen molar-refractivity contribution >= 4 is 15.9 Å². The van der Waals surface area contributed by atoms with Crippen molar-refractivity contribution in [1.82, 2.24) is 0 Å². The molecule has 0 fully saturated rings. The van der Waals surface area contributed by atoms with Crippen LogP contribution in [0.3, 0.4) is 0 Å². The van der Waals surface area contributed by atoms with E-state index in [-0.39, 0.29) is 4.83 Å². The monoisotopic (exact) mass is 350 g/mol. The molecule has 0 aliphatic heterocycles. The van der Waals surface area contributed by atoms with Crippen molar-refractivity contribution in [2.45, 2.75) is 11.2 Å². The fraction of sp³-hybridized carbons (Fsp3) is 0.294. The van der Waals surface area contributed by atoms with Gasteiger partial charge in [0.25, 0.3) is 0 Å². The van der Waals surface area contributed by atoms with Gasteiger partial charge in [-0.3, -0.25) is 0 Å². The minimum absolute atomic E-state index is 0.110. The SMILES string of the molecule is COc1ccccc1CC(Br)c1cccc(OC)c1OC. The molecule has 0 aliphatic carbocycles. The van der Waals surface area contributed by atoms with Gasteiger partial charge in [0.05, 0.1) is 21.3 Å². The van der Waals surface area contributed by atoms with E-state index in [2.05, 4.69) is 22.0 Å². The number of ether oxygens (including phenoxy) is 3. The van der Waals surface area contributed by atoms with Crippen molar-refractivity contribution in [1.29, 1.82) is 0 Å². The largest absolute Gasteiger partial charge is 0.496 e. The van der Waals surface area contributed by atoms with Gasteiger partial charge >= 0.3 is 0 Å². The number of methoxy groups -OCH3 is 3. The van der Waals surface area contributed by atoms with Gasteiger partial charge in [0.15, 0.2) is 11.5 Å². The van der Waals surface area contributed by atoms with Crippen molar-refractivity contribution in [3.8, 4) is 17.2 Å². The first kappa shape index (κ1) is 15.7. The lowest BCUT2D eigenvalue weighted by molar-refractivity contribution is 0.351. The molecule has 0 spiro atoms. The van der Waals surface area contributed by atoms with Crippen LogP contribution in [0.15, 0.2) is 42.5 Å². The Morgan fingerprint density at radius 2 is 1.52 bits per heavy atom. The Balaban J connectivity index is 2.30. The van der Waals surface area contributed by atoms with Gasteiger partial charge < -0.3 is 14.2 Å². The molecule has 0 saturated heterocycles. The predicted molar refractivity (Wildman–Crippen MR) is 87.9 cm³/mol. The third-order valence-electron chi connectivity index (χ3n) is 3.36. The van der Waals surface area contributed by atoms with Crippen LogP contribution in [-0.2, 0) is 6.42 Å². The second kappa shape index (κ2) is 7.36. The predicted octanol–water partition coefficient (Wildman–Crippen LogP) is 4.39. The summed E-state index contributed by atoms with van der Waals surface area (Å²) in [5.41, 5.74) is 2.20. The summed E-state index contributed by atoms with van der Waals surface area (Å²) in [5.74, 6) is 2.39. The van der Waals surface area contributed by atoms with E-state index in [0.717, 1.165) is 34.8 Å². The Labute approximate surface area is 134 Å². The summed E-state index contributed by atoms with van der Waals surface area (Å²) in [5, 5.41) is 0. The summed E-state index contributed by atoms with van der Waals surface area (Å²) in [4.78, 5) is 0.110. The third kappa shape index (κ3) is 3.50. The van der Waals surface area contributed by atoms with E-state index < -0.39 is 0 Å². The van der Waals surface area contributed by atoms with Crippen molar-refractivity contribution in [2.24, 2.45) is 0 Å². The van der Waals surface area contributed by atoms with E-state index in [0.29, 0.717) is 0 Å². The molecule has 0 radical (unpaired) electrons. The van der Waals surface area contributed by atoms with Gasteiger partial charge in [-0.25, -0.2) is 0 Å². The highest BCUT2D eigenvalue weighted by Gasteiger charge is 2.18. The van der Waals surface area contributed by atoms with E-state index in [1.807, 2.05) is 36.4 Å². The highest BCUT2D eigenvalue weighted by atomic mass is 79.9. The quantitative estimate of drug-likeness (QED) is 0.723. The Morgan fingerprint density at radius 3 is 2.19 bits per heavy atom. The van der Waals surface area contributed by atoms with Gasteiger partial charge in [0, 0.05) is 10.4 Å². The van der Waals surface area contributed by atoms with Crippen LogP contribution in [0, 0.1) is 0 Å². The van der Waals surface area contributed by atoms with Crippen molar-refractivity contribution in [2.75, 3.05) is 21.3 Å². The van der Waals surface area contributed by atoms with Crippen LogP contribution in [-0.4, -0.2) is 21.3 Å². The van der Waals surface area contributed by atoms with Crippen LogP contribution in [0.25, 0.3) is 0 Å². The minimum atomic E-state index is 0.110. The number of hydrogen-bond donors (Lipinski definition) is 0. The molecule has 4 heteroatoms. The average Bonchev–Trinajstić information content (AvgIpc) is 2.54. The molecule has 2 aromatic carbocycles. The highest BCUT2D eigenvalue weighted by Crippen LogP contribution is 2.40. The van der Waals surface area contributed by atoms with E-state index >= 15 is 0 Å². The number of hydrogen-bond acceptors (Lipinski definition) is 3. The zero-order valence-corrected chi connectivity index (χ0v) is 14.0. The summed E-state index contributed by atoms with van der Waals surface area (Å²) in [6.45, 7) is 0. The molecule has 0 saturated carbocycles. The van der Waals surface area contributed by atoms with Gasteiger partial charge in [-0.15, -0.1) is 0 Å². The van der Waals surface area contributed by atoms with Crippen LogP contribution in [0.2, 0.25) is 0 Å². The number of halogens is 1. The normalized spacial score (nSPS) is 11.8. The van der Waals surface area contributed by atoms with Crippen LogP contribution in [0.5, 0.6) is 17.2 Å². The molecule has 21 heavy (non-hydrogen) atoms. The molecule has 3 nitrogen and oxygen atoms in total. The fourth-order valence-corrected chi connectivity index (χ4v) is 3.04. The molecule has 0 aliphatic rings. The fourth-order valence-electron chi connectivity index (χ4n) is 2.33. The standard InChI is InChI=1S/C17H19BrO3/c1-19-15-9-5-4-7-12(15)11-14(18)13-8-6-10-16(20-2)17(13)21-3/h4-10,14H,11H2,1-3H3. The topological polar surface area (TPSA) is 27.7 Å². The van der Waals surface area contributed by atoms with Crippen LogP contribution < -0.4 is 14.2 Å². The van der Waals surface area contributed by atoms with Gasteiger partial charge in [0.2, 0.25) is 0 Å². The van der Waals surface area contributed by atoms with Gasteiger partial charge in [-0.05, 0) is 24.1 Å². The Kier molecular flexibility index (Phi) is 5.51. The summed E-state index contributed by atoms with van der Waals surface area (Å²) < 4.78 is 16.3. The molecular formula is C17H19BrO3. The van der Waals surface area contributed by atoms with E-state index in [4.69, 9.17) is 14.2 Å². The van der Waals surface area contributed by atoms with Gasteiger partial charge in [-0.2, -0.15) is 0 Å². The van der Waals surface area contributed by atoms with Gasteiger partial charge in [-0.1, -0.05) is 46.3 Å². The maximum atomic E-state index is 5.50. The number of alkyl halides is 1. The molecule has 0 bridgehead atoms. The zero-order chi connectivity index (χ0) is 15.2. The molecule has 0 N–H and O–H groups in total. The second-order valence-electron chi connectivity index (χ2n) is 4.57. The molecule has 0 heterocycles. The Morgan fingerprint density at radius 1 is 0.857 bits per heavy atom. The summed E-state index contributed by atoms with van der Waals surface area (Å²) in [6.07, 6.45) is 0.799. The van der Waals surface area contributed by atoms with Gasteiger partial charge in [0.1, 0.15) is 5.75 Å². The molecule has 0 aromatic heterocycles. The first-order valence-electron chi connectivity index (χ1n) is 6.68. The number of para-hydroxylation sites is 2. The van der Waals surface area contributed by atoms with Crippen molar-refractivity contribution < 1.29 is 14.2 Å².